The Labute approximate surface area is 117 Å². The molecule has 2 aliphatic rings. The van der Waals surface area contributed by atoms with Crippen LogP contribution in [0.3, 0.4) is 0 Å². The minimum Gasteiger partial charge on any atom is -0.346 e. The Morgan fingerprint density at radius 2 is 1.95 bits per heavy atom. The molecule has 4 nitrogen and oxygen atoms in total. The van der Waals surface area contributed by atoms with Crippen LogP contribution in [-0.4, -0.2) is 42.9 Å². The van der Waals surface area contributed by atoms with Crippen molar-refractivity contribution in [2.45, 2.75) is 25.0 Å². The van der Waals surface area contributed by atoms with Crippen LogP contribution in [0.5, 0.6) is 0 Å². The summed E-state index contributed by atoms with van der Waals surface area (Å²) < 4.78 is 24.2. The van der Waals surface area contributed by atoms with E-state index in [1.807, 2.05) is 0 Å². The van der Waals surface area contributed by atoms with Crippen LogP contribution < -0.4 is 0 Å². The maximum absolute atomic E-state index is 12.9. The Kier molecular flexibility index (Phi) is 3.72. The number of likely N-dealkylation sites (tertiary alicyclic amines) is 1. The van der Waals surface area contributed by atoms with Crippen LogP contribution in [0.15, 0.2) is 24.3 Å². The summed E-state index contributed by atoms with van der Waals surface area (Å²) in [5.74, 6) is -0.836. The number of piperidine rings is 1. The lowest BCUT2D eigenvalue weighted by molar-refractivity contribution is -0.192. The minimum atomic E-state index is -0.587. The lowest BCUT2D eigenvalue weighted by atomic mass is 10.0. The predicted molar refractivity (Wildman–Crippen MR) is 70.6 cm³/mol. The number of carbonyl (C=O) groups excluding carboxylic acids is 1. The maximum atomic E-state index is 12.9. The summed E-state index contributed by atoms with van der Waals surface area (Å²) in [5.41, 5.74) is 0.823. The van der Waals surface area contributed by atoms with Crippen molar-refractivity contribution in [1.82, 2.24) is 4.90 Å². The van der Waals surface area contributed by atoms with Crippen LogP contribution in [0.4, 0.5) is 4.39 Å². The normalized spacial score (nSPS) is 21.4. The number of carbonyl (C=O) groups is 1. The maximum Gasteiger partial charge on any atom is 0.227 e. The van der Waals surface area contributed by atoms with E-state index in [4.69, 9.17) is 9.47 Å². The summed E-state index contributed by atoms with van der Waals surface area (Å²) in [7, 11) is 0. The van der Waals surface area contributed by atoms with Crippen LogP contribution in [0.25, 0.3) is 0 Å². The molecule has 1 aromatic carbocycles. The van der Waals surface area contributed by atoms with E-state index in [-0.39, 0.29) is 18.1 Å². The second-order valence-corrected chi connectivity index (χ2v) is 5.33. The average Bonchev–Trinajstić information content (AvgIpc) is 2.89. The minimum absolute atomic E-state index is 0.0368. The molecule has 1 amide bonds. The van der Waals surface area contributed by atoms with E-state index in [1.54, 1.807) is 17.0 Å². The van der Waals surface area contributed by atoms with Crippen molar-refractivity contribution in [3.8, 4) is 0 Å². The molecule has 0 N–H and O–H groups in total. The fraction of sp³-hybridized carbons (Fsp3) is 0.533. The number of ether oxygens (including phenoxy) is 2. The van der Waals surface area contributed by atoms with E-state index in [0.717, 1.165) is 24.9 Å². The van der Waals surface area contributed by atoms with Crippen molar-refractivity contribution in [2.24, 2.45) is 0 Å². The highest BCUT2D eigenvalue weighted by molar-refractivity contribution is 5.79. The monoisotopic (exact) mass is 279 g/mol. The first-order valence-electron chi connectivity index (χ1n) is 6.97. The third-order valence-corrected chi connectivity index (χ3v) is 3.85. The Hall–Kier alpha value is -1.46. The zero-order valence-corrected chi connectivity index (χ0v) is 11.3. The van der Waals surface area contributed by atoms with Gasteiger partial charge in [-0.05, 0) is 24.1 Å². The van der Waals surface area contributed by atoms with Crippen molar-refractivity contribution in [3.63, 3.8) is 0 Å². The molecule has 0 saturated carbocycles. The van der Waals surface area contributed by atoms with Crippen molar-refractivity contribution in [3.05, 3.63) is 35.6 Å². The average molecular weight is 279 g/mol. The summed E-state index contributed by atoms with van der Waals surface area (Å²) in [6.07, 6.45) is 2.01. The first-order valence-corrected chi connectivity index (χ1v) is 6.97. The molecule has 0 atom stereocenters. The van der Waals surface area contributed by atoms with Gasteiger partial charge in [-0.1, -0.05) is 12.1 Å². The van der Waals surface area contributed by atoms with E-state index in [1.165, 1.54) is 12.1 Å². The molecule has 2 aliphatic heterocycles. The third kappa shape index (κ3) is 2.83. The molecule has 1 spiro atoms. The van der Waals surface area contributed by atoms with Crippen molar-refractivity contribution < 1.29 is 18.7 Å². The molecule has 108 valence electrons. The molecule has 0 aromatic heterocycles. The Balaban J connectivity index is 1.63. The van der Waals surface area contributed by atoms with Gasteiger partial charge in [0.25, 0.3) is 0 Å². The number of benzene rings is 1. The largest absolute Gasteiger partial charge is 0.346 e. The Morgan fingerprint density at radius 3 is 2.65 bits per heavy atom. The highest BCUT2D eigenvalue weighted by atomic mass is 19.1. The van der Waals surface area contributed by atoms with Crippen LogP contribution in [-0.2, 0) is 20.7 Å². The number of rotatable bonds is 2. The number of nitrogens with zero attached hydrogens (tertiary/aromatic N) is 1. The summed E-state index contributed by atoms with van der Waals surface area (Å²) in [4.78, 5) is 14.1. The molecule has 2 saturated heterocycles. The Morgan fingerprint density at radius 1 is 1.25 bits per heavy atom. The molecule has 0 unspecified atom stereocenters. The van der Waals surface area contributed by atoms with Gasteiger partial charge in [-0.3, -0.25) is 4.79 Å². The van der Waals surface area contributed by atoms with Gasteiger partial charge in [0, 0.05) is 13.0 Å². The number of hydrogen-bond acceptors (Lipinski definition) is 3. The lowest BCUT2D eigenvalue weighted by Gasteiger charge is -2.38. The van der Waals surface area contributed by atoms with Gasteiger partial charge in [0.1, 0.15) is 5.82 Å². The predicted octanol–water partition coefficient (Wildman–Crippen LogP) is 1.73. The third-order valence-electron chi connectivity index (χ3n) is 3.85. The van der Waals surface area contributed by atoms with Gasteiger partial charge in [0.15, 0.2) is 5.79 Å². The van der Waals surface area contributed by atoms with Crippen LogP contribution in [0, 0.1) is 5.82 Å². The summed E-state index contributed by atoms with van der Waals surface area (Å²) in [6.45, 7) is 2.42. The quantitative estimate of drug-likeness (QED) is 0.827. The van der Waals surface area contributed by atoms with Crippen molar-refractivity contribution in [2.75, 3.05) is 26.3 Å². The van der Waals surface area contributed by atoms with Crippen LogP contribution in [0.1, 0.15) is 18.4 Å². The molecule has 5 heteroatoms. The first kappa shape index (κ1) is 13.5. The summed E-state index contributed by atoms with van der Waals surface area (Å²) in [6, 6.07) is 6.05. The van der Waals surface area contributed by atoms with Crippen molar-refractivity contribution >= 4 is 5.91 Å². The molecule has 2 heterocycles. The molecule has 2 fully saturated rings. The van der Waals surface area contributed by atoms with E-state index < -0.39 is 5.79 Å². The fourth-order valence-corrected chi connectivity index (χ4v) is 2.82. The molecule has 0 radical (unpaired) electrons. The van der Waals surface area contributed by atoms with Crippen molar-refractivity contribution in [1.29, 1.82) is 0 Å². The van der Waals surface area contributed by atoms with Gasteiger partial charge in [-0.25, -0.2) is 4.39 Å². The van der Waals surface area contributed by atoms with Gasteiger partial charge in [-0.15, -0.1) is 0 Å². The second-order valence-electron chi connectivity index (χ2n) is 5.33. The fourth-order valence-electron chi connectivity index (χ4n) is 2.82. The molecule has 1 aromatic rings. The number of halogens is 1. The van der Waals surface area contributed by atoms with E-state index in [0.29, 0.717) is 19.8 Å². The smallest absolute Gasteiger partial charge is 0.227 e. The topological polar surface area (TPSA) is 38.8 Å². The molecule has 0 bridgehead atoms. The highest BCUT2D eigenvalue weighted by Crippen LogP contribution is 2.30. The molecule has 0 aliphatic carbocycles. The van der Waals surface area contributed by atoms with Gasteiger partial charge < -0.3 is 14.4 Å². The molecular formula is C15H18FNO3. The highest BCUT2D eigenvalue weighted by Gasteiger charge is 2.41. The zero-order chi connectivity index (χ0) is 14.0. The van der Waals surface area contributed by atoms with E-state index >= 15 is 0 Å². The SMILES string of the molecule is O=C(Cc1ccc(F)cc1)N1CCCC2(C1)OCCO2. The standard InChI is InChI=1S/C15H18FNO3/c16-13-4-2-12(3-5-13)10-14(18)17-7-1-6-15(11-17)19-8-9-20-15/h2-5H,1,6-11H2. The second kappa shape index (κ2) is 5.50. The van der Waals surface area contributed by atoms with Gasteiger partial charge in [-0.2, -0.15) is 0 Å². The number of hydrogen-bond donors (Lipinski definition) is 0. The zero-order valence-electron chi connectivity index (χ0n) is 11.3. The van der Waals surface area contributed by atoms with Gasteiger partial charge in [0.2, 0.25) is 5.91 Å². The van der Waals surface area contributed by atoms with Crippen LogP contribution in [0.2, 0.25) is 0 Å². The Bertz CT molecular complexity index is 482. The first-order chi connectivity index (χ1) is 9.67. The van der Waals surface area contributed by atoms with E-state index in [2.05, 4.69) is 0 Å². The van der Waals surface area contributed by atoms with Gasteiger partial charge >= 0.3 is 0 Å². The van der Waals surface area contributed by atoms with E-state index in [9.17, 15) is 9.18 Å². The summed E-state index contributed by atoms with van der Waals surface area (Å²) >= 11 is 0. The molecule has 3 rings (SSSR count). The molecule has 20 heavy (non-hydrogen) atoms. The van der Waals surface area contributed by atoms with Crippen LogP contribution >= 0.6 is 0 Å². The number of amides is 1. The van der Waals surface area contributed by atoms with Gasteiger partial charge in [0.05, 0.1) is 26.2 Å². The summed E-state index contributed by atoms with van der Waals surface area (Å²) in [5, 5.41) is 0. The lowest BCUT2D eigenvalue weighted by Crippen LogP contribution is -2.51. The molecular weight excluding hydrogens is 261 g/mol.